The number of hydrogen-bond donors (Lipinski definition) is 1. The van der Waals surface area contributed by atoms with Crippen molar-refractivity contribution in [3.05, 3.63) is 64.1 Å². The van der Waals surface area contributed by atoms with Crippen LogP contribution in [-0.4, -0.2) is 11.1 Å². The highest BCUT2D eigenvalue weighted by atomic mass is 79.9. The maximum absolute atomic E-state index is 10.7. The number of benzene rings is 2. The molecule has 2 aromatic carbocycles. The summed E-state index contributed by atoms with van der Waals surface area (Å²) in [6, 6.07) is 14.2. The van der Waals surface area contributed by atoms with Crippen LogP contribution in [0, 0.1) is 0 Å². The van der Waals surface area contributed by atoms with Gasteiger partial charge >= 0.3 is 5.97 Å². The quantitative estimate of drug-likeness (QED) is 0.936. The molecule has 18 heavy (non-hydrogen) atoms. The van der Waals surface area contributed by atoms with Gasteiger partial charge in [-0.05, 0) is 45.8 Å². The normalized spacial score (nSPS) is 10.1. The lowest BCUT2D eigenvalue weighted by Crippen LogP contribution is -1.99. The van der Waals surface area contributed by atoms with E-state index in [1.165, 1.54) is 0 Å². The highest BCUT2D eigenvalue weighted by molar-refractivity contribution is 9.10. The van der Waals surface area contributed by atoms with Crippen molar-refractivity contribution in [2.24, 2.45) is 0 Å². The second-order valence-electron chi connectivity index (χ2n) is 3.72. The number of aromatic carboxylic acids is 1. The Bertz CT molecular complexity index is 549. The van der Waals surface area contributed by atoms with Crippen molar-refractivity contribution in [1.82, 2.24) is 0 Å². The van der Waals surface area contributed by atoms with Crippen molar-refractivity contribution in [3.8, 4) is 5.75 Å². The molecule has 1 N–H and O–H groups in total. The third-order valence-electron chi connectivity index (χ3n) is 2.43. The molecule has 0 aliphatic rings. The van der Waals surface area contributed by atoms with E-state index in [0.29, 0.717) is 6.61 Å². The topological polar surface area (TPSA) is 46.5 Å². The van der Waals surface area contributed by atoms with Crippen molar-refractivity contribution in [2.45, 2.75) is 6.61 Å². The number of ether oxygens (including phenoxy) is 1. The highest BCUT2D eigenvalue weighted by Gasteiger charge is 2.03. The summed E-state index contributed by atoms with van der Waals surface area (Å²) in [7, 11) is 0. The number of hydrogen-bond acceptors (Lipinski definition) is 2. The summed E-state index contributed by atoms with van der Waals surface area (Å²) in [6.45, 7) is 0.405. The Labute approximate surface area is 113 Å². The Balaban J connectivity index is 2.02. The molecule has 3 nitrogen and oxygen atoms in total. The predicted molar refractivity (Wildman–Crippen MR) is 71.9 cm³/mol. The van der Waals surface area contributed by atoms with E-state index in [4.69, 9.17) is 9.84 Å². The Morgan fingerprint density at radius 3 is 2.39 bits per heavy atom. The number of carboxylic acids is 1. The van der Waals surface area contributed by atoms with Crippen molar-refractivity contribution in [1.29, 1.82) is 0 Å². The molecule has 0 aliphatic heterocycles. The van der Waals surface area contributed by atoms with Gasteiger partial charge in [0.2, 0.25) is 0 Å². The van der Waals surface area contributed by atoms with Crippen LogP contribution < -0.4 is 4.74 Å². The molecule has 2 rings (SSSR count). The zero-order valence-electron chi connectivity index (χ0n) is 9.47. The van der Waals surface area contributed by atoms with Crippen molar-refractivity contribution >= 4 is 21.9 Å². The van der Waals surface area contributed by atoms with Crippen molar-refractivity contribution in [3.63, 3.8) is 0 Å². The Morgan fingerprint density at radius 2 is 1.78 bits per heavy atom. The fourth-order valence-electron chi connectivity index (χ4n) is 1.47. The lowest BCUT2D eigenvalue weighted by molar-refractivity contribution is 0.0697. The van der Waals surface area contributed by atoms with E-state index in [1.807, 2.05) is 24.3 Å². The summed E-state index contributed by atoms with van der Waals surface area (Å²) in [5.41, 5.74) is 1.20. The molecule has 0 aliphatic carbocycles. The summed E-state index contributed by atoms with van der Waals surface area (Å²) >= 11 is 3.40. The van der Waals surface area contributed by atoms with Gasteiger partial charge in [0.1, 0.15) is 12.4 Å². The Hall–Kier alpha value is -1.81. The molecule has 0 amide bonds. The van der Waals surface area contributed by atoms with Gasteiger partial charge in [0.05, 0.1) is 10.0 Å². The van der Waals surface area contributed by atoms with E-state index in [9.17, 15) is 4.79 Å². The minimum absolute atomic E-state index is 0.277. The number of para-hydroxylation sites is 1. The minimum atomic E-state index is -0.923. The molecule has 0 spiro atoms. The fourth-order valence-corrected chi connectivity index (χ4v) is 1.87. The molecular formula is C14H11BrO3. The van der Waals surface area contributed by atoms with Gasteiger partial charge in [-0.2, -0.15) is 0 Å². The number of rotatable bonds is 4. The lowest BCUT2D eigenvalue weighted by Gasteiger charge is -2.08. The first-order valence-corrected chi connectivity index (χ1v) is 6.15. The summed E-state index contributed by atoms with van der Waals surface area (Å²) < 4.78 is 6.52. The van der Waals surface area contributed by atoms with Crippen LogP contribution in [0.1, 0.15) is 15.9 Å². The van der Waals surface area contributed by atoms with E-state index >= 15 is 0 Å². The third-order valence-corrected chi connectivity index (χ3v) is 3.09. The van der Waals surface area contributed by atoms with E-state index in [2.05, 4.69) is 15.9 Å². The first kappa shape index (κ1) is 12.6. The van der Waals surface area contributed by atoms with Gasteiger partial charge in [-0.1, -0.05) is 24.3 Å². The van der Waals surface area contributed by atoms with Crippen LogP contribution in [0.3, 0.4) is 0 Å². The van der Waals surface area contributed by atoms with Gasteiger partial charge in [0, 0.05) is 0 Å². The minimum Gasteiger partial charge on any atom is -0.488 e. The van der Waals surface area contributed by atoms with Crippen LogP contribution >= 0.6 is 15.9 Å². The summed E-state index contributed by atoms with van der Waals surface area (Å²) in [4.78, 5) is 10.7. The van der Waals surface area contributed by atoms with E-state index in [0.717, 1.165) is 15.8 Å². The summed E-state index contributed by atoms with van der Waals surface area (Å²) in [5.74, 6) is -0.159. The SMILES string of the molecule is O=C(O)c1ccc(COc2ccccc2Br)cc1. The predicted octanol–water partition coefficient (Wildman–Crippen LogP) is 3.73. The van der Waals surface area contributed by atoms with E-state index in [1.54, 1.807) is 24.3 Å². The average molecular weight is 307 g/mol. The van der Waals surface area contributed by atoms with Gasteiger partial charge in [0.25, 0.3) is 0 Å². The Morgan fingerprint density at radius 1 is 1.11 bits per heavy atom. The van der Waals surface area contributed by atoms with Crippen LogP contribution in [0.25, 0.3) is 0 Å². The maximum Gasteiger partial charge on any atom is 0.335 e. The molecule has 0 aromatic heterocycles. The molecule has 0 unspecified atom stereocenters. The number of halogens is 1. The lowest BCUT2D eigenvalue weighted by atomic mass is 10.1. The molecule has 0 atom stereocenters. The molecular weight excluding hydrogens is 296 g/mol. The van der Waals surface area contributed by atoms with Crippen LogP contribution in [0.4, 0.5) is 0 Å². The van der Waals surface area contributed by atoms with Crippen molar-refractivity contribution < 1.29 is 14.6 Å². The molecule has 0 fully saturated rings. The van der Waals surface area contributed by atoms with E-state index in [-0.39, 0.29) is 5.56 Å². The van der Waals surface area contributed by atoms with Crippen LogP contribution in [0.15, 0.2) is 53.0 Å². The molecule has 0 saturated carbocycles. The highest BCUT2D eigenvalue weighted by Crippen LogP contribution is 2.24. The molecule has 92 valence electrons. The summed E-state index contributed by atoms with van der Waals surface area (Å²) in [6.07, 6.45) is 0. The second-order valence-corrected chi connectivity index (χ2v) is 4.58. The van der Waals surface area contributed by atoms with Crippen LogP contribution in [0.2, 0.25) is 0 Å². The maximum atomic E-state index is 10.7. The molecule has 0 heterocycles. The first-order chi connectivity index (χ1) is 8.66. The summed E-state index contributed by atoms with van der Waals surface area (Å²) in [5, 5.41) is 8.78. The third kappa shape index (κ3) is 3.11. The van der Waals surface area contributed by atoms with Crippen LogP contribution in [0.5, 0.6) is 5.75 Å². The molecule has 0 bridgehead atoms. The fraction of sp³-hybridized carbons (Fsp3) is 0.0714. The van der Waals surface area contributed by atoms with Gasteiger partial charge in [-0.3, -0.25) is 0 Å². The number of carbonyl (C=O) groups is 1. The monoisotopic (exact) mass is 306 g/mol. The Kier molecular flexibility index (Phi) is 3.99. The smallest absolute Gasteiger partial charge is 0.335 e. The van der Waals surface area contributed by atoms with E-state index < -0.39 is 5.97 Å². The molecule has 4 heteroatoms. The largest absolute Gasteiger partial charge is 0.488 e. The van der Waals surface area contributed by atoms with Gasteiger partial charge in [0.15, 0.2) is 0 Å². The van der Waals surface area contributed by atoms with Crippen LogP contribution in [-0.2, 0) is 6.61 Å². The van der Waals surface area contributed by atoms with Gasteiger partial charge < -0.3 is 9.84 Å². The van der Waals surface area contributed by atoms with Gasteiger partial charge in [-0.15, -0.1) is 0 Å². The zero-order valence-corrected chi connectivity index (χ0v) is 11.1. The molecule has 0 saturated heterocycles. The van der Waals surface area contributed by atoms with Gasteiger partial charge in [-0.25, -0.2) is 4.79 Å². The molecule has 2 aromatic rings. The zero-order chi connectivity index (χ0) is 13.0. The number of carboxylic acid groups (broad SMARTS) is 1. The standard InChI is InChI=1S/C14H11BrO3/c15-12-3-1-2-4-13(12)18-9-10-5-7-11(8-6-10)14(16)17/h1-8H,9H2,(H,16,17). The second kappa shape index (κ2) is 5.69. The average Bonchev–Trinajstić information content (AvgIpc) is 2.38. The van der Waals surface area contributed by atoms with Crippen molar-refractivity contribution in [2.75, 3.05) is 0 Å². The first-order valence-electron chi connectivity index (χ1n) is 5.36. The molecule has 0 radical (unpaired) electrons.